The fourth-order valence-corrected chi connectivity index (χ4v) is 12.3. The minimum Gasteiger partial charge on any atom is -0.465 e. The molecule has 1 aromatic rings. The van der Waals surface area contributed by atoms with E-state index in [1.54, 1.807) is 6.92 Å². The van der Waals surface area contributed by atoms with Gasteiger partial charge in [-0.1, -0.05) is 159 Å². The minimum absolute atomic E-state index is 0.0715. The summed E-state index contributed by atoms with van der Waals surface area (Å²) in [5, 5.41) is 5.56. The summed E-state index contributed by atoms with van der Waals surface area (Å²) in [5.41, 5.74) is 1.15. The summed E-state index contributed by atoms with van der Waals surface area (Å²) in [4.78, 5) is 79.9. The van der Waals surface area contributed by atoms with Crippen molar-refractivity contribution in [3.63, 3.8) is 0 Å². The van der Waals surface area contributed by atoms with Crippen molar-refractivity contribution in [3.05, 3.63) is 33.7 Å². The summed E-state index contributed by atoms with van der Waals surface area (Å²) in [7, 11) is 0. The van der Waals surface area contributed by atoms with Crippen molar-refractivity contribution in [3.8, 4) is 0 Å². The first kappa shape index (κ1) is 63.7. The number of aliphatic imine (C=N–C) groups is 1. The van der Waals surface area contributed by atoms with Crippen LogP contribution in [-0.2, 0) is 33.4 Å². The molecule has 6 atom stereocenters. The molecule has 0 aromatic carbocycles. The third kappa shape index (κ3) is 15.9. The Labute approximate surface area is 458 Å². The molecule has 0 saturated heterocycles. The highest BCUT2D eigenvalue weighted by Gasteiger charge is 2.51. The van der Waals surface area contributed by atoms with Gasteiger partial charge >= 0.3 is 17.9 Å². The van der Waals surface area contributed by atoms with Crippen LogP contribution in [0.3, 0.4) is 0 Å². The van der Waals surface area contributed by atoms with E-state index in [9.17, 15) is 14.4 Å². The Balaban J connectivity index is 1.98. The summed E-state index contributed by atoms with van der Waals surface area (Å²) in [6, 6.07) is 0. The Bertz CT molecular complexity index is 2270. The number of amides is 2. The molecule has 2 heterocycles. The number of anilines is 1. The lowest BCUT2D eigenvalue weighted by molar-refractivity contribution is -0.164. The quantitative estimate of drug-likeness (QED) is 0.0880. The zero-order valence-electron chi connectivity index (χ0n) is 51.1. The monoisotopic (exact) mass is 1060 g/mol. The number of rotatable bonds is 15. The zero-order valence-corrected chi connectivity index (χ0v) is 51.9. The summed E-state index contributed by atoms with van der Waals surface area (Å²) < 4.78 is 19.3. The summed E-state index contributed by atoms with van der Waals surface area (Å²) in [6.07, 6.45) is 5.39. The van der Waals surface area contributed by atoms with E-state index in [1.165, 1.54) is 11.8 Å². The van der Waals surface area contributed by atoms with Crippen LogP contribution in [-0.4, -0.2) is 70.4 Å². The van der Waals surface area contributed by atoms with E-state index in [1.807, 2.05) is 68.4 Å². The number of hydrogen-bond acceptors (Lipinski definition) is 10. The highest BCUT2D eigenvalue weighted by Crippen LogP contribution is 2.52. The fraction of sp³-hybridized carbons (Fsp3) is 0.774. The second-order valence-corrected chi connectivity index (χ2v) is 30.2. The van der Waals surface area contributed by atoms with Gasteiger partial charge in [0.1, 0.15) is 41.6 Å². The number of nitrogens with zero attached hydrogens (tertiary/aromatic N) is 1. The molecule has 75 heavy (non-hydrogen) atoms. The van der Waals surface area contributed by atoms with E-state index in [-0.39, 0.29) is 116 Å². The first-order valence-corrected chi connectivity index (χ1v) is 29.4. The van der Waals surface area contributed by atoms with Crippen molar-refractivity contribution < 1.29 is 38.2 Å². The molecule has 0 radical (unpaired) electrons. The largest absolute Gasteiger partial charge is 0.465 e. The number of H-pyrrole nitrogens is 1. The zero-order chi connectivity index (χ0) is 57.2. The maximum Gasteiger partial charge on any atom is 0.342 e. The lowest BCUT2D eigenvalue weighted by Crippen LogP contribution is -2.50. The number of allylic oxidation sites excluding steroid dienone is 1. The fourth-order valence-electron chi connectivity index (χ4n) is 11.5. The van der Waals surface area contributed by atoms with Gasteiger partial charge < -0.3 is 29.8 Å². The van der Waals surface area contributed by atoms with Crippen LogP contribution in [0.15, 0.2) is 21.8 Å². The number of aromatic nitrogens is 1. The maximum atomic E-state index is 15.4. The average molecular weight is 1060 g/mol. The van der Waals surface area contributed by atoms with Crippen LogP contribution in [0.2, 0.25) is 0 Å². The van der Waals surface area contributed by atoms with E-state index in [2.05, 4.69) is 113 Å². The summed E-state index contributed by atoms with van der Waals surface area (Å²) in [5.74, 6) is -0.787. The van der Waals surface area contributed by atoms with E-state index >= 15 is 9.59 Å². The normalized spacial score (nSPS) is 25.5. The number of amidine groups is 1. The molecule has 2 fully saturated rings. The van der Waals surface area contributed by atoms with Crippen LogP contribution >= 0.6 is 11.8 Å². The summed E-state index contributed by atoms with van der Waals surface area (Å²) >= 11 is 1.35. The predicted molar refractivity (Wildman–Crippen MR) is 308 cm³/mol. The average Bonchev–Trinajstić information content (AvgIpc) is 3.81. The molecular formula is C62H102N4O8S. The smallest absolute Gasteiger partial charge is 0.342 e. The minimum atomic E-state index is -0.815. The summed E-state index contributed by atoms with van der Waals surface area (Å²) in [6.45, 7) is 50.4. The molecular weight excluding hydrogens is 961 g/mol. The second-order valence-electron chi connectivity index (χ2n) is 28.8. The number of aromatic amines is 1. The number of carbonyl (C=O) groups excluding carboxylic acids is 5. The van der Waals surface area contributed by atoms with Gasteiger partial charge in [0.2, 0.25) is 11.8 Å². The number of thioether (sulfide) groups is 1. The first-order chi connectivity index (χ1) is 34.2. The van der Waals surface area contributed by atoms with Gasteiger partial charge in [-0.05, 0) is 102 Å². The molecule has 2 saturated carbocycles. The van der Waals surface area contributed by atoms with Gasteiger partial charge in [0, 0.05) is 40.5 Å². The van der Waals surface area contributed by atoms with Crippen LogP contribution < -0.4 is 10.6 Å². The van der Waals surface area contributed by atoms with Gasteiger partial charge in [0.05, 0.1) is 16.9 Å². The van der Waals surface area contributed by atoms with Gasteiger partial charge in [-0.25, -0.2) is 14.6 Å². The van der Waals surface area contributed by atoms with Crippen molar-refractivity contribution in [2.45, 2.75) is 222 Å². The van der Waals surface area contributed by atoms with Crippen LogP contribution in [0.4, 0.5) is 5.82 Å². The first-order valence-electron chi connectivity index (χ1n) is 28.3. The Morgan fingerprint density at radius 2 is 1.13 bits per heavy atom. The van der Waals surface area contributed by atoms with Crippen molar-refractivity contribution in [2.24, 2.45) is 79.4 Å². The number of esters is 3. The van der Waals surface area contributed by atoms with E-state index in [4.69, 9.17) is 19.2 Å². The number of carbonyl (C=O) groups is 5. The highest BCUT2D eigenvalue weighted by molar-refractivity contribution is 8.00. The Kier molecular flexibility index (Phi) is 20.7. The maximum absolute atomic E-state index is 15.4. The molecule has 4 rings (SSSR count). The Morgan fingerprint density at radius 3 is 1.53 bits per heavy atom. The van der Waals surface area contributed by atoms with Crippen molar-refractivity contribution >= 4 is 59.2 Å². The van der Waals surface area contributed by atoms with E-state index in [0.717, 1.165) is 25.7 Å². The van der Waals surface area contributed by atoms with Crippen molar-refractivity contribution in [1.29, 1.82) is 0 Å². The molecule has 3 N–H and O–H groups in total. The molecule has 424 valence electrons. The number of hydrogen-bond donors (Lipinski definition) is 3. The van der Waals surface area contributed by atoms with Gasteiger partial charge in [-0.3, -0.25) is 14.4 Å². The molecule has 13 heteroatoms. The van der Waals surface area contributed by atoms with Crippen LogP contribution in [0.1, 0.15) is 226 Å². The van der Waals surface area contributed by atoms with Crippen molar-refractivity contribution in [2.75, 3.05) is 17.7 Å². The Morgan fingerprint density at radius 1 is 0.680 bits per heavy atom. The van der Waals surface area contributed by atoms with Gasteiger partial charge in [-0.15, -0.1) is 11.8 Å². The molecule has 0 bridgehead atoms. The van der Waals surface area contributed by atoms with Crippen LogP contribution in [0.25, 0.3) is 6.08 Å². The van der Waals surface area contributed by atoms with E-state index < -0.39 is 28.7 Å². The lowest BCUT2D eigenvalue weighted by Gasteiger charge is -2.50. The third-order valence-electron chi connectivity index (χ3n) is 16.3. The number of nitrogens with one attached hydrogen (secondary N) is 3. The standard InChI is InChI=1S/C62H102N4O8S/c1-25-37(8)54(68)72-26-27-75-38(9)53(67)65-51-47(55(69)73-49-39(58(10,11)12)28-35(6)29-40(49)59(13,14)15)45(33(2)3)43(63-51)32-44-46(34(4)5)48(52(64-44)66-57(71)62(22,23)24)56(70)74-50-41(60(16,17)18)30-36(7)31-42(50)61(19,20)21/h32-42,49-50,63H,25-31H2,1-24H3,(H,65,67)(H,64,66,71). The van der Waals surface area contributed by atoms with Gasteiger partial charge in [-0.2, -0.15) is 0 Å². The van der Waals surface area contributed by atoms with Crippen LogP contribution in [0.5, 0.6) is 0 Å². The third-order valence-corrected chi connectivity index (χ3v) is 17.4. The van der Waals surface area contributed by atoms with E-state index in [0.29, 0.717) is 46.5 Å². The topological polar surface area (TPSA) is 165 Å². The lowest BCUT2D eigenvalue weighted by atomic mass is 9.59. The molecule has 0 spiro atoms. The highest BCUT2D eigenvalue weighted by atomic mass is 32.2. The Hall–Kier alpha value is -3.87. The number of ether oxygens (including phenoxy) is 3. The molecule has 2 aliphatic carbocycles. The molecule has 1 aromatic heterocycles. The van der Waals surface area contributed by atoms with Crippen molar-refractivity contribution in [1.82, 2.24) is 10.3 Å². The predicted octanol–water partition coefficient (Wildman–Crippen LogP) is 14.6. The van der Waals surface area contributed by atoms with Gasteiger partial charge in [0.25, 0.3) is 0 Å². The van der Waals surface area contributed by atoms with Gasteiger partial charge in [0.15, 0.2) is 0 Å². The second kappa shape index (κ2) is 24.4. The SMILES string of the molecule is CCC(C)C(=O)OCCSC(C)C(=O)Nc1[nH]c(C=C2N=C(NC(=O)C(C)(C)C)C(C(=O)OC3C(C(C)(C)C)CC(C)CC3C(C)(C)C)=C2C(C)C)c(C(C)C)c1C(=O)OC1C(C(C)(C)C)CC(C)CC1C(C)(C)C. The molecule has 1 aliphatic heterocycles. The van der Waals surface area contributed by atoms with Crippen LogP contribution in [0, 0.1) is 74.4 Å². The molecule has 3 aliphatic rings. The molecule has 2 amide bonds. The molecule has 12 nitrogen and oxygen atoms in total. The molecule has 6 unspecified atom stereocenters.